The molecule has 0 amide bonds. The van der Waals surface area contributed by atoms with E-state index >= 15 is 0 Å². The molecular formula is C21H32IN5O2. The van der Waals surface area contributed by atoms with Crippen LogP contribution in [0.4, 0.5) is 0 Å². The SMILES string of the molecule is CN=C(NCCCOCC1CCOC1)NCc1cccc(Cn2ccnc2)c1.I. The van der Waals surface area contributed by atoms with Gasteiger partial charge in [-0.05, 0) is 24.0 Å². The molecule has 7 nitrogen and oxygen atoms in total. The van der Waals surface area contributed by atoms with Gasteiger partial charge in [-0.15, -0.1) is 24.0 Å². The van der Waals surface area contributed by atoms with Crippen molar-refractivity contribution in [2.24, 2.45) is 10.9 Å². The number of aliphatic imine (C=N–C) groups is 1. The number of aromatic nitrogens is 2. The summed E-state index contributed by atoms with van der Waals surface area (Å²) >= 11 is 0. The van der Waals surface area contributed by atoms with Gasteiger partial charge in [0.25, 0.3) is 0 Å². The summed E-state index contributed by atoms with van der Waals surface area (Å²) in [6, 6.07) is 8.56. The van der Waals surface area contributed by atoms with Gasteiger partial charge >= 0.3 is 0 Å². The maximum absolute atomic E-state index is 5.73. The number of nitrogens with zero attached hydrogens (tertiary/aromatic N) is 3. The van der Waals surface area contributed by atoms with Crippen molar-refractivity contribution >= 4 is 29.9 Å². The third-order valence-electron chi connectivity index (χ3n) is 4.73. The van der Waals surface area contributed by atoms with Crippen molar-refractivity contribution < 1.29 is 9.47 Å². The van der Waals surface area contributed by atoms with Crippen LogP contribution in [0.3, 0.4) is 0 Å². The van der Waals surface area contributed by atoms with E-state index < -0.39 is 0 Å². The lowest BCUT2D eigenvalue weighted by Gasteiger charge is -2.13. The number of hydrogen-bond donors (Lipinski definition) is 2. The highest BCUT2D eigenvalue weighted by Crippen LogP contribution is 2.12. The van der Waals surface area contributed by atoms with Crippen LogP contribution >= 0.6 is 24.0 Å². The van der Waals surface area contributed by atoms with Gasteiger partial charge in [0.2, 0.25) is 0 Å². The number of ether oxygens (including phenoxy) is 2. The first kappa shape index (κ1) is 23.6. The zero-order valence-corrected chi connectivity index (χ0v) is 19.4. The van der Waals surface area contributed by atoms with E-state index in [0.717, 1.165) is 64.9 Å². The molecule has 1 saturated heterocycles. The second-order valence-electron chi connectivity index (χ2n) is 7.07. The molecule has 29 heavy (non-hydrogen) atoms. The maximum Gasteiger partial charge on any atom is 0.191 e. The van der Waals surface area contributed by atoms with Gasteiger partial charge in [-0.3, -0.25) is 4.99 Å². The van der Waals surface area contributed by atoms with Crippen LogP contribution in [0.15, 0.2) is 48.0 Å². The molecule has 1 aliphatic rings. The van der Waals surface area contributed by atoms with E-state index in [0.29, 0.717) is 5.92 Å². The van der Waals surface area contributed by atoms with Crippen LogP contribution in [0.25, 0.3) is 0 Å². The standard InChI is InChI=1S/C21H31N5O2.HI/c1-22-21(24-7-3-10-27-15-20-6-11-28-16-20)25-13-18-4-2-5-19(12-18)14-26-9-8-23-17-26;/h2,4-5,8-9,12,17,20H,3,6-7,10-11,13-16H2,1H3,(H2,22,24,25);1H. The van der Waals surface area contributed by atoms with E-state index in [9.17, 15) is 0 Å². The van der Waals surface area contributed by atoms with Crippen molar-refractivity contribution in [2.45, 2.75) is 25.9 Å². The molecular weight excluding hydrogens is 481 g/mol. The zero-order valence-electron chi connectivity index (χ0n) is 17.0. The van der Waals surface area contributed by atoms with E-state index in [-0.39, 0.29) is 24.0 Å². The Kier molecular flexibility index (Phi) is 11.0. The van der Waals surface area contributed by atoms with Crippen molar-refractivity contribution in [1.82, 2.24) is 20.2 Å². The Hall–Kier alpha value is -1.65. The average Bonchev–Trinajstić information content (AvgIpc) is 3.41. The number of hydrogen-bond acceptors (Lipinski definition) is 4. The molecule has 1 aromatic carbocycles. The van der Waals surface area contributed by atoms with Crippen LogP contribution in [0.2, 0.25) is 0 Å². The Labute approximate surface area is 190 Å². The first-order valence-corrected chi connectivity index (χ1v) is 9.97. The minimum atomic E-state index is 0. The summed E-state index contributed by atoms with van der Waals surface area (Å²) < 4.78 is 13.2. The molecule has 1 atom stereocenters. The van der Waals surface area contributed by atoms with Crippen LogP contribution in [-0.4, -0.2) is 55.5 Å². The van der Waals surface area contributed by atoms with E-state index in [1.54, 1.807) is 13.2 Å². The maximum atomic E-state index is 5.73. The van der Waals surface area contributed by atoms with Gasteiger partial charge in [-0.1, -0.05) is 24.3 Å². The van der Waals surface area contributed by atoms with E-state index in [1.807, 2.05) is 12.5 Å². The average molecular weight is 513 g/mol. The fourth-order valence-corrected chi connectivity index (χ4v) is 3.18. The molecule has 2 heterocycles. The van der Waals surface area contributed by atoms with Crippen molar-refractivity contribution in [3.05, 3.63) is 54.1 Å². The molecule has 2 N–H and O–H groups in total. The Bertz CT molecular complexity index is 718. The van der Waals surface area contributed by atoms with Crippen molar-refractivity contribution in [3.8, 4) is 0 Å². The topological polar surface area (TPSA) is 72.7 Å². The minimum absolute atomic E-state index is 0. The molecule has 1 aliphatic heterocycles. The number of benzene rings is 1. The molecule has 2 aromatic rings. The predicted molar refractivity (Wildman–Crippen MR) is 126 cm³/mol. The van der Waals surface area contributed by atoms with Gasteiger partial charge in [0.05, 0.1) is 19.5 Å². The van der Waals surface area contributed by atoms with Crippen molar-refractivity contribution in [3.63, 3.8) is 0 Å². The summed E-state index contributed by atoms with van der Waals surface area (Å²) in [6.45, 7) is 5.69. The lowest BCUT2D eigenvalue weighted by molar-refractivity contribution is 0.0888. The second-order valence-corrected chi connectivity index (χ2v) is 7.07. The van der Waals surface area contributed by atoms with E-state index in [2.05, 4.69) is 49.4 Å². The molecule has 8 heteroatoms. The highest BCUT2D eigenvalue weighted by atomic mass is 127. The molecule has 1 aromatic heterocycles. The molecule has 3 rings (SSSR count). The molecule has 1 fully saturated rings. The van der Waals surface area contributed by atoms with Crippen LogP contribution in [0.1, 0.15) is 24.0 Å². The number of guanidine groups is 1. The summed E-state index contributed by atoms with van der Waals surface area (Å²) in [5.41, 5.74) is 2.48. The third kappa shape index (κ3) is 8.71. The van der Waals surface area contributed by atoms with Gasteiger partial charge < -0.3 is 24.7 Å². The summed E-state index contributed by atoms with van der Waals surface area (Å²) in [5, 5.41) is 6.71. The van der Waals surface area contributed by atoms with Gasteiger partial charge in [0, 0.05) is 58.2 Å². The first-order chi connectivity index (χ1) is 13.8. The second kappa shape index (κ2) is 13.6. The Morgan fingerprint density at radius 3 is 3.00 bits per heavy atom. The lowest BCUT2D eigenvalue weighted by atomic mass is 10.1. The van der Waals surface area contributed by atoms with Crippen LogP contribution in [0, 0.1) is 5.92 Å². The van der Waals surface area contributed by atoms with Crippen molar-refractivity contribution in [1.29, 1.82) is 0 Å². The van der Waals surface area contributed by atoms with Gasteiger partial charge in [-0.25, -0.2) is 4.98 Å². The third-order valence-corrected chi connectivity index (χ3v) is 4.73. The summed E-state index contributed by atoms with van der Waals surface area (Å²) in [5.74, 6) is 1.39. The van der Waals surface area contributed by atoms with Crippen LogP contribution in [0.5, 0.6) is 0 Å². The monoisotopic (exact) mass is 513 g/mol. The predicted octanol–water partition coefficient (Wildman–Crippen LogP) is 2.66. The Morgan fingerprint density at radius 1 is 1.34 bits per heavy atom. The number of imidazole rings is 1. The molecule has 0 saturated carbocycles. The molecule has 0 spiro atoms. The smallest absolute Gasteiger partial charge is 0.191 e. The summed E-state index contributed by atoms with van der Waals surface area (Å²) in [4.78, 5) is 8.38. The zero-order chi connectivity index (χ0) is 19.4. The normalized spacial score (nSPS) is 16.4. The Balaban J connectivity index is 0.00000300. The van der Waals surface area contributed by atoms with E-state index in [4.69, 9.17) is 9.47 Å². The number of rotatable bonds is 10. The fraction of sp³-hybridized carbons (Fsp3) is 0.524. The van der Waals surface area contributed by atoms with Gasteiger partial charge in [0.15, 0.2) is 5.96 Å². The largest absolute Gasteiger partial charge is 0.381 e. The lowest BCUT2D eigenvalue weighted by Crippen LogP contribution is -2.37. The van der Waals surface area contributed by atoms with Crippen molar-refractivity contribution in [2.75, 3.05) is 40.0 Å². The van der Waals surface area contributed by atoms with Gasteiger partial charge in [-0.2, -0.15) is 0 Å². The fourth-order valence-electron chi connectivity index (χ4n) is 3.18. The Morgan fingerprint density at radius 2 is 2.24 bits per heavy atom. The first-order valence-electron chi connectivity index (χ1n) is 9.97. The molecule has 0 aliphatic carbocycles. The van der Waals surface area contributed by atoms with Gasteiger partial charge in [0.1, 0.15) is 0 Å². The summed E-state index contributed by atoms with van der Waals surface area (Å²) in [7, 11) is 1.79. The molecule has 160 valence electrons. The minimum Gasteiger partial charge on any atom is -0.381 e. The summed E-state index contributed by atoms with van der Waals surface area (Å²) in [6.07, 6.45) is 7.69. The quantitative estimate of drug-likeness (QED) is 0.221. The molecule has 0 radical (unpaired) electrons. The number of nitrogens with one attached hydrogen (secondary N) is 2. The number of halogens is 1. The molecule has 1 unspecified atom stereocenters. The van der Waals surface area contributed by atoms with Crippen LogP contribution < -0.4 is 10.6 Å². The molecule has 0 bridgehead atoms. The highest BCUT2D eigenvalue weighted by molar-refractivity contribution is 14.0. The van der Waals surface area contributed by atoms with Crippen LogP contribution in [-0.2, 0) is 22.6 Å². The van der Waals surface area contributed by atoms with E-state index in [1.165, 1.54) is 11.1 Å². The highest BCUT2D eigenvalue weighted by Gasteiger charge is 2.15.